The van der Waals surface area contributed by atoms with Gasteiger partial charge in [-0.2, -0.15) is 5.48 Å². The molecular formula is C21H27N2O10+. The maximum atomic E-state index is 11.6. The van der Waals surface area contributed by atoms with Crippen molar-refractivity contribution < 1.29 is 55.7 Å². The summed E-state index contributed by atoms with van der Waals surface area (Å²) in [4.78, 5) is 23.1. The van der Waals surface area contributed by atoms with Crippen LogP contribution < -0.4 is 15.5 Å². The fraction of sp³-hybridized carbons (Fsp3) is 0.333. The van der Waals surface area contributed by atoms with Gasteiger partial charge in [-0.15, -0.1) is 0 Å². The van der Waals surface area contributed by atoms with Gasteiger partial charge in [0.05, 0.1) is 12.2 Å². The first-order valence-corrected chi connectivity index (χ1v) is 9.76. The largest absolute Gasteiger partial charge is 0.478 e. The molecule has 33 heavy (non-hydrogen) atoms. The molecule has 0 bridgehead atoms. The third-order valence-corrected chi connectivity index (χ3v) is 5.04. The van der Waals surface area contributed by atoms with Crippen molar-refractivity contribution in [3.05, 3.63) is 48.0 Å². The van der Waals surface area contributed by atoms with Crippen molar-refractivity contribution in [3.63, 3.8) is 0 Å². The minimum absolute atomic E-state index is 0. The van der Waals surface area contributed by atoms with Gasteiger partial charge in [0.15, 0.2) is 5.69 Å². The van der Waals surface area contributed by atoms with E-state index in [1.165, 1.54) is 19.1 Å². The summed E-state index contributed by atoms with van der Waals surface area (Å²) >= 11 is 0. The van der Waals surface area contributed by atoms with Crippen molar-refractivity contribution in [1.29, 1.82) is 0 Å². The molecule has 10 N–H and O–H groups in total. The fourth-order valence-corrected chi connectivity index (χ4v) is 3.51. The zero-order chi connectivity index (χ0) is 23.4. The number of carboxylic acid groups (broad SMARTS) is 1. The quantitative estimate of drug-likeness (QED) is 0.179. The van der Waals surface area contributed by atoms with E-state index in [2.05, 4.69) is 5.32 Å². The molecule has 12 heteroatoms. The number of aliphatic hydroxyl groups excluding tert-OH is 3. The van der Waals surface area contributed by atoms with Crippen LogP contribution in [0.5, 0.6) is 5.75 Å². The predicted molar refractivity (Wildman–Crippen MR) is 112 cm³/mol. The van der Waals surface area contributed by atoms with Gasteiger partial charge < -0.3 is 40.7 Å². The Hall–Kier alpha value is -3.10. The van der Waals surface area contributed by atoms with Crippen LogP contribution in [0.4, 0.5) is 5.69 Å². The molecule has 3 rings (SSSR count). The Balaban J connectivity index is 0.00000385. The third kappa shape index (κ3) is 5.83. The molecule has 12 nitrogen and oxygen atoms in total. The van der Waals surface area contributed by atoms with Crippen LogP contribution in [0.15, 0.2) is 42.5 Å². The topological polar surface area (TPSA) is 214 Å². The van der Waals surface area contributed by atoms with Crippen LogP contribution in [0.2, 0.25) is 0 Å². The molecule has 1 aliphatic rings. The Bertz CT molecular complexity index is 985. The monoisotopic (exact) mass is 467 g/mol. The standard InChI is InChI=1S/C21H24N2O9.H2O/c1-10(25)22-17-19(27)18(26)16(9-24)32-21(17)31-15-5-3-2-4-14(15)11-6-12(20(28)29)8-13(7-11)23-30;/h2-8,16-19,21,23-24,26-27,30H,9H2,1H3,(H,22,25)(H,28,29);1H2/p+1/t16-,17-,18+,19-,21-;/m1./s1. The summed E-state index contributed by atoms with van der Waals surface area (Å²) in [6.45, 7) is 0.634. The molecule has 1 heterocycles. The van der Waals surface area contributed by atoms with Crippen molar-refractivity contribution in [2.75, 3.05) is 6.61 Å². The lowest BCUT2D eigenvalue weighted by atomic mass is 9.96. The highest BCUT2D eigenvalue weighted by Gasteiger charge is 2.46. The first-order valence-electron chi connectivity index (χ1n) is 9.76. The number of carbonyl (C=O) groups is 2. The average molecular weight is 467 g/mol. The number of carboxylic acids is 1. The molecule has 180 valence electrons. The van der Waals surface area contributed by atoms with Crippen LogP contribution in [0.3, 0.4) is 0 Å². The first-order chi connectivity index (χ1) is 15.2. The molecule has 0 radical (unpaired) electrons. The number of amides is 1. The number of aromatic carboxylic acids is 1. The molecule has 2 aromatic rings. The number of nitrogens with one attached hydrogen (secondary N) is 1. The van der Waals surface area contributed by atoms with Crippen LogP contribution in [-0.4, -0.2) is 80.2 Å². The van der Waals surface area contributed by atoms with Gasteiger partial charge in [-0.05, 0) is 17.7 Å². The Morgan fingerprint density at radius 2 is 1.85 bits per heavy atom. The van der Waals surface area contributed by atoms with Crippen molar-refractivity contribution in [1.82, 2.24) is 5.32 Å². The first kappa shape index (κ1) is 26.2. The zero-order valence-corrected chi connectivity index (χ0v) is 17.6. The van der Waals surface area contributed by atoms with Crippen molar-refractivity contribution in [2.45, 2.75) is 37.6 Å². The molecule has 1 saturated heterocycles. The van der Waals surface area contributed by atoms with Crippen LogP contribution in [0.1, 0.15) is 17.3 Å². The fourth-order valence-electron chi connectivity index (χ4n) is 3.51. The van der Waals surface area contributed by atoms with E-state index in [0.29, 0.717) is 11.1 Å². The SMILES string of the molecule is CC(=O)N[C@H]1[C@H](Oc2ccccc2-c2cc([NH2+]O)cc(C(=O)O)c2)O[C@H](CO)[C@H](O)[C@@H]1O.O. The van der Waals surface area contributed by atoms with Gasteiger partial charge in [0.1, 0.15) is 30.1 Å². The summed E-state index contributed by atoms with van der Waals surface area (Å²) in [6, 6.07) is 9.69. The Morgan fingerprint density at radius 1 is 1.15 bits per heavy atom. The maximum Gasteiger partial charge on any atom is 0.335 e. The number of quaternary nitrogens is 1. The summed E-state index contributed by atoms with van der Waals surface area (Å²) in [6.07, 6.45) is -5.37. The minimum atomic E-state index is -1.48. The molecule has 0 aromatic heterocycles. The third-order valence-electron chi connectivity index (χ3n) is 5.04. The Kier molecular flexibility index (Phi) is 8.84. The van der Waals surface area contributed by atoms with Crippen LogP contribution in [0, 0.1) is 0 Å². The van der Waals surface area contributed by atoms with Crippen LogP contribution in [-0.2, 0) is 9.53 Å². The summed E-state index contributed by atoms with van der Waals surface area (Å²) in [7, 11) is 0. The van der Waals surface area contributed by atoms with Crippen molar-refractivity contribution in [2.24, 2.45) is 0 Å². The maximum absolute atomic E-state index is 11.6. The number of aliphatic hydroxyl groups is 3. The number of carbonyl (C=O) groups excluding carboxylic acids is 1. The molecule has 5 atom stereocenters. The van der Waals surface area contributed by atoms with Gasteiger partial charge in [0.25, 0.3) is 0 Å². The van der Waals surface area contributed by atoms with E-state index in [4.69, 9.17) is 9.47 Å². The molecule has 0 saturated carbocycles. The van der Waals surface area contributed by atoms with Gasteiger partial charge in [0, 0.05) is 24.6 Å². The summed E-state index contributed by atoms with van der Waals surface area (Å²) < 4.78 is 11.5. The smallest absolute Gasteiger partial charge is 0.335 e. The predicted octanol–water partition coefficient (Wildman–Crippen LogP) is -1.87. The van der Waals surface area contributed by atoms with E-state index >= 15 is 0 Å². The number of nitrogens with two attached hydrogens (primary N) is 1. The number of benzene rings is 2. The van der Waals surface area contributed by atoms with Gasteiger partial charge in [-0.1, -0.05) is 18.2 Å². The number of ether oxygens (including phenoxy) is 2. The highest BCUT2D eigenvalue weighted by molar-refractivity contribution is 5.91. The van der Waals surface area contributed by atoms with E-state index in [9.17, 15) is 35.2 Å². The molecule has 0 spiro atoms. The average Bonchev–Trinajstić information content (AvgIpc) is 2.78. The second kappa shape index (κ2) is 11.2. The molecular weight excluding hydrogens is 440 g/mol. The highest BCUT2D eigenvalue weighted by Crippen LogP contribution is 2.34. The van der Waals surface area contributed by atoms with E-state index in [1.807, 2.05) is 0 Å². The summed E-state index contributed by atoms with van der Waals surface area (Å²) in [5, 5.41) is 51.3. The molecule has 1 amide bonds. The van der Waals surface area contributed by atoms with E-state index < -0.39 is 49.1 Å². The second-order valence-electron chi connectivity index (χ2n) is 7.32. The molecule has 0 aliphatic carbocycles. The highest BCUT2D eigenvalue weighted by atomic mass is 16.7. The number of para-hydroxylation sites is 1. The van der Waals surface area contributed by atoms with Gasteiger partial charge in [-0.3, -0.25) is 4.79 Å². The second-order valence-corrected chi connectivity index (χ2v) is 7.32. The lowest BCUT2D eigenvalue weighted by molar-refractivity contribution is -0.825. The summed E-state index contributed by atoms with van der Waals surface area (Å²) in [5.74, 6) is -1.45. The van der Waals surface area contributed by atoms with Gasteiger partial charge in [0.2, 0.25) is 12.2 Å². The number of hydrogen-bond donors (Lipinski definition) is 7. The van der Waals surface area contributed by atoms with Crippen molar-refractivity contribution >= 4 is 17.6 Å². The van der Waals surface area contributed by atoms with Gasteiger partial charge in [-0.25, -0.2) is 10.0 Å². The summed E-state index contributed by atoms with van der Waals surface area (Å²) in [5.41, 5.74) is 1.86. The van der Waals surface area contributed by atoms with Crippen LogP contribution in [0.25, 0.3) is 11.1 Å². The molecule has 1 aliphatic heterocycles. The zero-order valence-electron chi connectivity index (χ0n) is 17.6. The molecule has 1 fully saturated rings. The molecule has 0 unspecified atom stereocenters. The number of hydrogen-bond acceptors (Lipinski definition) is 8. The Morgan fingerprint density at radius 3 is 2.45 bits per heavy atom. The lowest BCUT2D eigenvalue weighted by Gasteiger charge is -2.42. The Labute approximate surface area is 188 Å². The molecule has 2 aromatic carbocycles. The van der Waals surface area contributed by atoms with Crippen molar-refractivity contribution in [3.8, 4) is 16.9 Å². The normalized spacial score (nSPS) is 24.5. The van der Waals surface area contributed by atoms with E-state index in [1.54, 1.807) is 30.3 Å². The van der Waals surface area contributed by atoms with E-state index in [0.717, 1.165) is 5.48 Å². The van der Waals surface area contributed by atoms with Gasteiger partial charge >= 0.3 is 5.97 Å². The van der Waals surface area contributed by atoms with Crippen LogP contribution >= 0.6 is 0 Å². The van der Waals surface area contributed by atoms with E-state index in [-0.39, 0.29) is 22.5 Å². The minimum Gasteiger partial charge on any atom is -0.478 e. The lowest BCUT2D eigenvalue weighted by Crippen LogP contribution is -2.73. The number of rotatable bonds is 7.